The smallest absolute Gasteiger partial charge is 0.164 e. The van der Waals surface area contributed by atoms with Gasteiger partial charge in [0.15, 0.2) is 10.8 Å². The van der Waals surface area contributed by atoms with Gasteiger partial charge in [-0.1, -0.05) is 35.9 Å². The number of hydrogen-bond acceptors (Lipinski definition) is 5. The van der Waals surface area contributed by atoms with Crippen LogP contribution in [0.2, 0.25) is 5.15 Å². The van der Waals surface area contributed by atoms with Gasteiger partial charge in [-0.3, -0.25) is 0 Å². The van der Waals surface area contributed by atoms with Crippen LogP contribution in [0.3, 0.4) is 0 Å². The van der Waals surface area contributed by atoms with Crippen molar-refractivity contribution in [3.05, 3.63) is 53.2 Å². The second kappa shape index (κ2) is 4.50. The van der Waals surface area contributed by atoms with Crippen molar-refractivity contribution in [1.82, 2.24) is 19.5 Å². The minimum atomic E-state index is -0.550. The number of aliphatic hydroxyl groups is 1. The van der Waals surface area contributed by atoms with Gasteiger partial charge >= 0.3 is 0 Å². The maximum absolute atomic E-state index is 10.3. The van der Waals surface area contributed by atoms with Crippen molar-refractivity contribution in [3.8, 4) is 0 Å². The van der Waals surface area contributed by atoms with Crippen LogP contribution in [0.4, 0.5) is 0 Å². The van der Waals surface area contributed by atoms with E-state index >= 15 is 0 Å². The predicted octanol–water partition coefficient (Wildman–Crippen LogP) is 2.21. The highest BCUT2D eigenvalue weighted by Crippen LogP contribution is 2.55. The minimum Gasteiger partial charge on any atom is -0.390 e. The van der Waals surface area contributed by atoms with Crippen LogP contribution >= 0.6 is 11.6 Å². The summed E-state index contributed by atoms with van der Waals surface area (Å²) in [6.07, 6.45) is 2.95. The van der Waals surface area contributed by atoms with Gasteiger partial charge in [0, 0.05) is 6.42 Å². The van der Waals surface area contributed by atoms with Crippen LogP contribution in [0, 0.1) is 0 Å². The molecule has 0 radical (unpaired) electrons. The summed E-state index contributed by atoms with van der Waals surface area (Å²) in [5.41, 5.74) is 2.91. The molecule has 0 aliphatic carbocycles. The van der Waals surface area contributed by atoms with E-state index in [0.717, 1.165) is 11.1 Å². The van der Waals surface area contributed by atoms with E-state index < -0.39 is 11.7 Å². The predicted molar refractivity (Wildman–Crippen MR) is 82.9 cm³/mol. The first-order chi connectivity index (χ1) is 11.2. The monoisotopic (exact) mass is 328 g/mol. The highest BCUT2D eigenvalue weighted by Gasteiger charge is 2.55. The number of rotatable bonds is 2. The zero-order valence-electron chi connectivity index (χ0n) is 12.1. The second-order valence-electron chi connectivity index (χ2n) is 6.10. The normalized spacial score (nSPS) is 28.4. The van der Waals surface area contributed by atoms with Crippen molar-refractivity contribution in [2.75, 3.05) is 0 Å². The Kier molecular flexibility index (Phi) is 2.63. The summed E-state index contributed by atoms with van der Waals surface area (Å²) in [5, 5.41) is 10.7. The van der Waals surface area contributed by atoms with Crippen LogP contribution in [-0.2, 0) is 16.9 Å². The summed E-state index contributed by atoms with van der Waals surface area (Å²) in [6, 6.07) is 8.07. The molecule has 3 atom stereocenters. The first-order valence-corrected chi connectivity index (χ1v) is 7.82. The van der Waals surface area contributed by atoms with Gasteiger partial charge in [0.05, 0.1) is 19.0 Å². The van der Waals surface area contributed by atoms with Crippen molar-refractivity contribution in [1.29, 1.82) is 0 Å². The third-order valence-corrected chi connectivity index (χ3v) is 5.06. The lowest BCUT2D eigenvalue weighted by atomic mass is 9.81. The minimum absolute atomic E-state index is 0.251. The SMILES string of the molecule is O[C@H]1C[C@@]2(Cn3cnc4c(Cl)ncnc43)O[C@@H]1c1ccccc12. The molecule has 0 saturated carbocycles. The van der Waals surface area contributed by atoms with Crippen molar-refractivity contribution in [3.63, 3.8) is 0 Å². The summed E-state index contributed by atoms with van der Waals surface area (Å²) in [5.74, 6) is 0. The lowest BCUT2D eigenvalue weighted by Gasteiger charge is -2.28. The molecule has 2 aliphatic rings. The van der Waals surface area contributed by atoms with E-state index in [0.29, 0.717) is 29.3 Å². The third-order valence-electron chi connectivity index (χ3n) is 4.78. The van der Waals surface area contributed by atoms with Crippen LogP contribution in [0.25, 0.3) is 11.2 Å². The molecule has 1 aromatic carbocycles. The van der Waals surface area contributed by atoms with Crippen LogP contribution < -0.4 is 0 Å². The molecule has 1 N–H and O–H groups in total. The Balaban J connectivity index is 1.63. The number of fused-ring (bicyclic) bond motifs is 6. The van der Waals surface area contributed by atoms with Crippen LogP contribution in [0.15, 0.2) is 36.9 Å². The summed E-state index contributed by atoms with van der Waals surface area (Å²) in [6.45, 7) is 0.529. The first kappa shape index (κ1) is 13.4. The van der Waals surface area contributed by atoms with E-state index in [-0.39, 0.29) is 6.10 Å². The van der Waals surface area contributed by atoms with Gasteiger partial charge in [-0.2, -0.15) is 0 Å². The average molecular weight is 329 g/mol. The molecule has 2 aliphatic heterocycles. The quantitative estimate of drug-likeness (QED) is 0.730. The Bertz CT molecular complexity index is 927. The Hall–Kier alpha value is -2.02. The fourth-order valence-corrected chi connectivity index (χ4v) is 4.03. The molecule has 4 heterocycles. The highest BCUT2D eigenvalue weighted by atomic mass is 35.5. The summed E-state index contributed by atoms with van der Waals surface area (Å²) >= 11 is 6.07. The maximum atomic E-state index is 10.3. The Morgan fingerprint density at radius 3 is 3.09 bits per heavy atom. The molecular formula is C16H13ClN4O2. The number of nitrogens with zero attached hydrogens (tertiary/aromatic N) is 4. The number of hydrogen-bond donors (Lipinski definition) is 1. The molecule has 6 nitrogen and oxygen atoms in total. The van der Waals surface area contributed by atoms with E-state index in [1.54, 1.807) is 6.33 Å². The zero-order valence-corrected chi connectivity index (χ0v) is 12.8. The molecule has 3 aromatic rings. The van der Waals surface area contributed by atoms with E-state index in [2.05, 4.69) is 21.0 Å². The fraction of sp³-hybridized carbons (Fsp3) is 0.312. The molecule has 0 unspecified atom stereocenters. The molecule has 1 fully saturated rings. The van der Waals surface area contributed by atoms with E-state index in [4.69, 9.17) is 16.3 Å². The molecule has 7 heteroatoms. The molecule has 116 valence electrons. The molecule has 0 spiro atoms. The zero-order chi connectivity index (χ0) is 15.6. The highest BCUT2D eigenvalue weighted by molar-refractivity contribution is 6.33. The van der Waals surface area contributed by atoms with Crippen molar-refractivity contribution in [2.24, 2.45) is 0 Å². The fourth-order valence-electron chi connectivity index (χ4n) is 3.85. The Morgan fingerprint density at radius 1 is 1.30 bits per heavy atom. The number of ether oxygens (including phenoxy) is 1. The summed E-state index contributed by atoms with van der Waals surface area (Å²) in [4.78, 5) is 12.5. The van der Waals surface area contributed by atoms with Gasteiger partial charge in [-0.25, -0.2) is 15.0 Å². The maximum Gasteiger partial charge on any atom is 0.164 e. The summed E-state index contributed by atoms with van der Waals surface area (Å²) in [7, 11) is 0. The molecule has 1 saturated heterocycles. The van der Waals surface area contributed by atoms with Crippen LogP contribution in [-0.4, -0.2) is 30.7 Å². The number of aromatic nitrogens is 4. The van der Waals surface area contributed by atoms with Gasteiger partial charge < -0.3 is 14.4 Å². The molecule has 23 heavy (non-hydrogen) atoms. The van der Waals surface area contributed by atoms with Gasteiger partial charge in [0.2, 0.25) is 0 Å². The Labute approximate surface area is 136 Å². The molecule has 2 aromatic heterocycles. The third kappa shape index (κ3) is 1.74. The molecular weight excluding hydrogens is 316 g/mol. The summed E-state index contributed by atoms with van der Waals surface area (Å²) < 4.78 is 8.14. The van der Waals surface area contributed by atoms with E-state index in [9.17, 15) is 5.11 Å². The largest absolute Gasteiger partial charge is 0.390 e. The van der Waals surface area contributed by atoms with Gasteiger partial charge in [-0.05, 0) is 11.1 Å². The van der Waals surface area contributed by atoms with Gasteiger partial charge in [0.25, 0.3) is 0 Å². The number of halogens is 1. The standard InChI is InChI=1S/C16H13ClN4O2/c17-14-12-15(19-7-18-14)21(8-20-12)6-16-5-11(22)13(23-16)9-3-1-2-4-10(9)16/h1-4,7-8,11,13,22H,5-6H2/t11-,13+,16-/m0/s1. The van der Waals surface area contributed by atoms with Gasteiger partial charge in [-0.15, -0.1) is 0 Å². The number of imidazole rings is 1. The van der Waals surface area contributed by atoms with E-state index in [1.165, 1.54) is 6.33 Å². The molecule has 0 amide bonds. The Morgan fingerprint density at radius 2 is 2.17 bits per heavy atom. The lowest BCUT2D eigenvalue weighted by Crippen LogP contribution is -2.31. The second-order valence-corrected chi connectivity index (χ2v) is 6.46. The lowest BCUT2D eigenvalue weighted by molar-refractivity contribution is -0.0421. The van der Waals surface area contributed by atoms with Crippen molar-refractivity contribution >= 4 is 22.8 Å². The average Bonchev–Trinajstić information content (AvgIpc) is 3.20. The van der Waals surface area contributed by atoms with Crippen molar-refractivity contribution < 1.29 is 9.84 Å². The van der Waals surface area contributed by atoms with Gasteiger partial charge in [0.1, 0.15) is 23.5 Å². The number of benzene rings is 1. The molecule has 5 rings (SSSR count). The topological polar surface area (TPSA) is 73.1 Å². The van der Waals surface area contributed by atoms with E-state index in [1.807, 2.05) is 22.8 Å². The number of aliphatic hydroxyl groups excluding tert-OH is 1. The van der Waals surface area contributed by atoms with Crippen molar-refractivity contribution in [2.45, 2.75) is 30.8 Å². The van der Waals surface area contributed by atoms with Crippen LogP contribution in [0.5, 0.6) is 0 Å². The molecule has 2 bridgehead atoms. The van der Waals surface area contributed by atoms with Crippen LogP contribution in [0.1, 0.15) is 23.7 Å². The first-order valence-electron chi connectivity index (χ1n) is 7.45.